The zero-order chi connectivity index (χ0) is 18.9. The molecule has 0 aromatic heterocycles. The van der Waals surface area contributed by atoms with E-state index in [1.54, 1.807) is 0 Å². The Morgan fingerprint density at radius 2 is 1.59 bits per heavy atom. The quantitative estimate of drug-likeness (QED) is 0.754. The van der Waals surface area contributed by atoms with Gasteiger partial charge in [-0.2, -0.15) is 17.0 Å². The lowest BCUT2D eigenvalue weighted by molar-refractivity contribution is -0.179. The number of hydrogen-bond acceptors (Lipinski definition) is 5. The molecule has 3 saturated heterocycles. The molecule has 9 heteroatoms. The third-order valence-electron chi connectivity index (χ3n) is 6.41. The molecule has 0 radical (unpaired) electrons. The van der Waals surface area contributed by atoms with Gasteiger partial charge in [0, 0.05) is 45.1 Å². The van der Waals surface area contributed by atoms with Crippen molar-refractivity contribution in [2.75, 3.05) is 39.4 Å². The molecule has 1 atom stereocenters. The predicted molar refractivity (Wildman–Crippen MR) is 99.1 cm³/mol. The van der Waals surface area contributed by atoms with Gasteiger partial charge >= 0.3 is 0 Å². The van der Waals surface area contributed by atoms with Gasteiger partial charge in [0.05, 0.1) is 19.1 Å². The molecule has 27 heavy (non-hydrogen) atoms. The van der Waals surface area contributed by atoms with Crippen LogP contribution in [-0.4, -0.2) is 74.2 Å². The molecule has 4 aliphatic rings. The van der Waals surface area contributed by atoms with Crippen LogP contribution in [0.5, 0.6) is 0 Å². The van der Waals surface area contributed by atoms with Gasteiger partial charge in [-0.25, -0.2) is 0 Å². The van der Waals surface area contributed by atoms with Crippen LogP contribution < -0.4 is 5.32 Å². The molecule has 1 aliphatic carbocycles. The fourth-order valence-electron chi connectivity index (χ4n) is 4.76. The van der Waals surface area contributed by atoms with E-state index >= 15 is 0 Å². The third kappa shape index (κ3) is 4.17. The number of nitrogens with one attached hydrogen (secondary N) is 1. The zero-order valence-electron chi connectivity index (χ0n) is 15.9. The van der Waals surface area contributed by atoms with Gasteiger partial charge in [-0.1, -0.05) is 12.8 Å². The second-order valence-electron chi connectivity index (χ2n) is 8.20. The van der Waals surface area contributed by atoms with Gasteiger partial charge in [0.1, 0.15) is 0 Å². The summed E-state index contributed by atoms with van der Waals surface area (Å²) in [6.45, 7) is 2.74. The Hall–Kier alpha value is -0.740. The normalized spacial score (nSPS) is 30.7. The molecule has 8 nitrogen and oxygen atoms in total. The van der Waals surface area contributed by atoms with Gasteiger partial charge in [-0.3, -0.25) is 4.79 Å². The van der Waals surface area contributed by atoms with Crippen LogP contribution in [0.4, 0.5) is 0 Å². The summed E-state index contributed by atoms with van der Waals surface area (Å²) >= 11 is 0. The molecule has 0 aromatic rings. The molecule has 4 fully saturated rings. The van der Waals surface area contributed by atoms with E-state index < -0.39 is 16.0 Å². The van der Waals surface area contributed by atoms with Crippen LogP contribution in [-0.2, 0) is 24.5 Å². The topological polar surface area (TPSA) is 88.2 Å². The lowest BCUT2D eigenvalue weighted by Crippen LogP contribution is -2.54. The van der Waals surface area contributed by atoms with Crippen LogP contribution in [0.2, 0.25) is 0 Å². The van der Waals surface area contributed by atoms with Crippen LogP contribution in [0.3, 0.4) is 0 Å². The standard InChI is InChI=1S/C18H31N3O5S/c22-17(19-16-5-1-2-6-16)15-4-3-9-21(14-15)27(23,24)20-10-7-18(8-11-20)25-12-13-26-18/h15-16H,1-14H2,(H,19,22). The first-order valence-electron chi connectivity index (χ1n) is 10.3. The second kappa shape index (κ2) is 7.94. The number of rotatable bonds is 4. The molecule has 1 unspecified atom stereocenters. The summed E-state index contributed by atoms with van der Waals surface area (Å²) in [6, 6.07) is 0.272. The highest BCUT2D eigenvalue weighted by Gasteiger charge is 2.44. The maximum absolute atomic E-state index is 13.1. The number of amides is 1. The first-order chi connectivity index (χ1) is 13.0. The third-order valence-corrected chi connectivity index (χ3v) is 8.41. The van der Waals surface area contributed by atoms with E-state index in [0.29, 0.717) is 45.7 Å². The molecule has 1 amide bonds. The Labute approximate surface area is 161 Å². The van der Waals surface area contributed by atoms with Gasteiger partial charge in [-0.15, -0.1) is 0 Å². The molecule has 1 saturated carbocycles. The summed E-state index contributed by atoms with van der Waals surface area (Å²) in [5, 5.41) is 3.13. The van der Waals surface area contributed by atoms with Crippen molar-refractivity contribution in [3.63, 3.8) is 0 Å². The minimum atomic E-state index is -3.55. The van der Waals surface area contributed by atoms with E-state index in [0.717, 1.165) is 25.7 Å². The largest absolute Gasteiger partial charge is 0.353 e. The van der Waals surface area contributed by atoms with Crippen LogP contribution in [0.25, 0.3) is 0 Å². The molecular weight excluding hydrogens is 370 g/mol. The SMILES string of the molecule is O=C(NC1CCCC1)C1CCCN(S(=O)(=O)N2CCC3(CC2)OCCO3)C1. The highest BCUT2D eigenvalue weighted by Crippen LogP contribution is 2.33. The minimum Gasteiger partial charge on any atom is -0.353 e. The Morgan fingerprint density at radius 3 is 2.26 bits per heavy atom. The lowest BCUT2D eigenvalue weighted by Gasteiger charge is -2.40. The molecular formula is C18H31N3O5S. The van der Waals surface area contributed by atoms with Gasteiger partial charge < -0.3 is 14.8 Å². The van der Waals surface area contributed by atoms with Crippen LogP contribution in [0.15, 0.2) is 0 Å². The van der Waals surface area contributed by atoms with E-state index in [1.165, 1.54) is 21.5 Å². The molecule has 4 rings (SSSR count). The second-order valence-corrected chi connectivity index (χ2v) is 10.1. The molecule has 1 N–H and O–H groups in total. The Kier molecular flexibility index (Phi) is 5.76. The molecule has 154 valence electrons. The van der Waals surface area contributed by atoms with Crippen molar-refractivity contribution in [2.45, 2.75) is 63.2 Å². The van der Waals surface area contributed by atoms with E-state index in [-0.39, 0.29) is 24.4 Å². The first-order valence-corrected chi connectivity index (χ1v) is 11.7. The molecule has 3 aliphatic heterocycles. The van der Waals surface area contributed by atoms with Crippen molar-refractivity contribution in [1.29, 1.82) is 0 Å². The average Bonchev–Trinajstić information content (AvgIpc) is 3.35. The number of piperidine rings is 2. The zero-order valence-corrected chi connectivity index (χ0v) is 16.7. The summed E-state index contributed by atoms with van der Waals surface area (Å²) in [4.78, 5) is 12.6. The van der Waals surface area contributed by atoms with Crippen molar-refractivity contribution in [2.24, 2.45) is 5.92 Å². The Morgan fingerprint density at radius 1 is 0.926 bits per heavy atom. The summed E-state index contributed by atoms with van der Waals surface area (Å²) in [7, 11) is -3.55. The van der Waals surface area contributed by atoms with Gasteiger partial charge in [-0.05, 0) is 25.7 Å². The summed E-state index contributed by atoms with van der Waals surface area (Å²) < 4.78 is 40.6. The van der Waals surface area contributed by atoms with Crippen LogP contribution in [0, 0.1) is 5.92 Å². The number of ether oxygens (including phenoxy) is 2. The lowest BCUT2D eigenvalue weighted by atomic mass is 9.98. The van der Waals surface area contributed by atoms with Crippen LogP contribution in [0.1, 0.15) is 51.4 Å². The van der Waals surface area contributed by atoms with E-state index in [4.69, 9.17) is 9.47 Å². The monoisotopic (exact) mass is 401 g/mol. The molecule has 0 aromatic carbocycles. The van der Waals surface area contributed by atoms with Crippen molar-refractivity contribution >= 4 is 16.1 Å². The fraction of sp³-hybridized carbons (Fsp3) is 0.944. The van der Waals surface area contributed by atoms with Gasteiger partial charge in [0.2, 0.25) is 5.91 Å². The fourth-order valence-corrected chi connectivity index (χ4v) is 6.46. The summed E-state index contributed by atoms with van der Waals surface area (Å²) in [5.41, 5.74) is 0. The van der Waals surface area contributed by atoms with E-state index in [1.807, 2.05) is 0 Å². The molecule has 3 heterocycles. The van der Waals surface area contributed by atoms with E-state index in [9.17, 15) is 13.2 Å². The van der Waals surface area contributed by atoms with Crippen molar-refractivity contribution in [1.82, 2.24) is 13.9 Å². The highest BCUT2D eigenvalue weighted by atomic mass is 32.2. The Balaban J connectivity index is 1.34. The summed E-state index contributed by atoms with van der Waals surface area (Å²) in [6.07, 6.45) is 7.03. The number of hydrogen-bond donors (Lipinski definition) is 1. The maximum Gasteiger partial charge on any atom is 0.282 e. The minimum absolute atomic E-state index is 0.0205. The van der Waals surface area contributed by atoms with Crippen molar-refractivity contribution in [3.8, 4) is 0 Å². The van der Waals surface area contributed by atoms with Gasteiger partial charge in [0.25, 0.3) is 10.2 Å². The number of nitrogens with zero attached hydrogens (tertiary/aromatic N) is 2. The highest BCUT2D eigenvalue weighted by molar-refractivity contribution is 7.86. The first kappa shape index (κ1) is 19.6. The van der Waals surface area contributed by atoms with Crippen molar-refractivity contribution in [3.05, 3.63) is 0 Å². The number of carbonyl (C=O) groups is 1. The molecule has 1 spiro atoms. The van der Waals surface area contributed by atoms with Crippen LogP contribution >= 0.6 is 0 Å². The van der Waals surface area contributed by atoms with Gasteiger partial charge in [0.15, 0.2) is 5.79 Å². The predicted octanol–water partition coefficient (Wildman–Crippen LogP) is 0.841. The number of carbonyl (C=O) groups excluding carboxylic acids is 1. The average molecular weight is 402 g/mol. The smallest absolute Gasteiger partial charge is 0.282 e. The molecule has 0 bridgehead atoms. The van der Waals surface area contributed by atoms with E-state index in [2.05, 4.69) is 5.32 Å². The summed E-state index contributed by atoms with van der Waals surface area (Å²) in [5.74, 6) is -0.809. The maximum atomic E-state index is 13.1. The Bertz CT molecular complexity index is 633. The van der Waals surface area contributed by atoms with Crippen molar-refractivity contribution < 1.29 is 22.7 Å².